The van der Waals surface area contributed by atoms with Crippen LogP contribution < -0.4 is 11.1 Å². The maximum absolute atomic E-state index is 12.6. The number of nitrogens with one attached hydrogen (secondary N) is 1. The summed E-state index contributed by atoms with van der Waals surface area (Å²) in [7, 11) is 3.41. The van der Waals surface area contributed by atoms with Crippen LogP contribution in [0.5, 0.6) is 0 Å². The molecule has 0 radical (unpaired) electrons. The Hall–Kier alpha value is -2.66. The Kier molecular flexibility index (Phi) is 5.04. The number of carbonyl (C=O) groups is 2. The summed E-state index contributed by atoms with van der Waals surface area (Å²) in [5.41, 5.74) is 7.82. The van der Waals surface area contributed by atoms with Crippen LogP contribution in [0.15, 0.2) is 48.5 Å². The Morgan fingerprint density at radius 1 is 1.08 bits per heavy atom. The van der Waals surface area contributed by atoms with Gasteiger partial charge < -0.3 is 16.0 Å². The summed E-state index contributed by atoms with van der Waals surface area (Å²) in [6.07, 6.45) is 0. The minimum absolute atomic E-state index is 0.0710. The average molecular weight is 325 g/mol. The highest BCUT2D eigenvalue weighted by Crippen LogP contribution is 2.22. The van der Waals surface area contributed by atoms with Gasteiger partial charge in [-0.05, 0) is 43.2 Å². The highest BCUT2D eigenvalue weighted by Gasteiger charge is 2.30. The zero-order valence-corrected chi connectivity index (χ0v) is 14.5. The van der Waals surface area contributed by atoms with Crippen molar-refractivity contribution < 1.29 is 9.59 Å². The Balaban J connectivity index is 2.21. The van der Waals surface area contributed by atoms with Crippen LogP contribution in [0.4, 0.5) is 5.69 Å². The molecule has 0 saturated carbocycles. The molecular formula is C19H23N3O2. The van der Waals surface area contributed by atoms with Gasteiger partial charge in [0.2, 0.25) is 5.91 Å². The molecule has 5 heteroatoms. The number of amides is 2. The van der Waals surface area contributed by atoms with E-state index in [-0.39, 0.29) is 11.8 Å². The number of benzene rings is 2. The molecule has 3 N–H and O–H groups in total. The highest BCUT2D eigenvalue weighted by molar-refractivity contribution is 6.00. The number of nitrogens with zero attached hydrogens (tertiary/aromatic N) is 1. The fourth-order valence-corrected chi connectivity index (χ4v) is 2.40. The van der Waals surface area contributed by atoms with E-state index < -0.39 is 5.54 Å². The monoisotopic (exact) mass is 325 g/mol. The molecule has 0 bridgehead atoms. The van der Waals surface area contributed by atoms with Crippen LogP contribution in [0.2, 0.25) is 0 Å². The van der Waals surface area contributed by atoms with Crippen LogP contribution in [-0.4, -0.2) is 30.8 Å². The standard InChI is InChI=1S/C19H23N3O2/c1-13-12-15(10-11-16(13)17(23)22(3)4)21-18(24)19(2,20)14-8-6-5-7-9-14/h5-12H,20H2,1-4H3,(H,21,24). The van der Waals surface area contributed by atoms with E-state index in [1.165, 1.54) is 4.90 Å². The second-order valence-electron chi connectivity index (χ2n) is 6.25. The molecule has 2 aromatic carbocycles. The number of hydrogen-bond acceptors (Lipinski definition) is 3. The van der Waals surface area contributed by atoms with Gasteiger partial charge in [0.05, 0.1) is 0 Å². The normalized spacial score (nSPS) is 13.0. The van der Waals surface area contributed by atoms with E-state index >= 15 is 0 Å². The Bertz CT molecular complexity index is 752. The summed E-state index contributed by atoms with van der Waals surface area (Å²) < 4.78 is 0. The van der Waals surface area contributed by atoms with Gasteiger partial charge in [-0.15, -0.1) is 0 Å². The molecule has 0 aromatic heterocycles. The predicted octanol–water partition coefficient (Wildman–Crippen LogP) is 2.51. The van der Waals surface area contributed by atoms with Gasteiger partial charge in [0, 0.05) is 25.3 Å². The maximum Gasteiger partial charge on any atom is 0.253 e. The third-order valence-electron chi connectivity index (χ3n) is 3.97. The van der Waals surface area contributed by atoms with Crippen molar-refractivity contribution in [2.75, 3.05) is 19.4 Å². The van der Waals surface area contributed by atoms with Gasteiger partial charge >= 0.3 is 0 Å². The van der Waals surface area contributed by atoms with Gasteiger partial charge in [0.1, 0.15) is 5.54 Å². The Morgan fingerprint density at radius 3 is 2.25 bits per heavy atom. The van der Waals surface area contributed by atoms with Crippen molar-refractivity contribution >= 4 is 17.5 Å². The van der Waals surface area contributed by atoms with Crippen LogP contribution in [-0.2, 0) is 10.3 Å². The molecule has 24 heavy (non-hydrogen) atoms. The van der Waals surface area contributed by atoms with E-state index in [1.54, 1.807) is 39.2 Å². The van der Waals surface area contributed by atoms with Gasteiger partial charge in [-0.3, -0.25) is 9.59 Å². The molecule has 0 fully saturated rings. The van der Waals surface area contributed by atoms with E-state index in [9.17, 15) is 9.59 Å². The first kappa shape index (κ1) is 17.7. The number of hydrogen-bond donors (Lipinski definition) is 2. The Labute approximate surface area is 142 Å². The molecule has 0 aliphatic heterocycles. The molecule has 1 atom stereocenters. The zero-order valence-electron chi connectivity index (χ0n) is 14.5. The summed E-state index contributed by atoms with van der Waals surface area (Å²) in [6.45, 7) is 3.51. The third kappa shape index (κ3) is 3.63. The van der Waals surface area contributed by atoms with Gasteiger partial charge in [-0.25, -0.2) is 0 Å². The van der Waals surface area contributed by atoms with Crippen molar-refractivity contribution in [3.05, 3.63) is 65.2 Å². The summed E-state index contributed by atoms with van der Waals surface area (Å²) in [5.74, 6) is -0.377. The largest absolute Gasteiger partial charge is 0.345 e. The van der Waals surface area contributed by atoms with E-state index in [2.05, 4.69) is 5.32 Å². The van der Waals surface area contributed by atoms with Gasteiger partial charge in [-0.1, -0.05) is 30.3 Å². The molecular weight excluding hydrogens is 302 g/mol. The lowest BCUT2D eigenvalue weighted by molar-refractivity contribution is -0.120. The lowest BCUT2D eigenvalue weighted by Crippen LogP contribution is -2.45. The molecule has 0 spiro atoms. The molecule has 5 nitrogen and oxygen atoms in total. The summed E-state index contributed by atoms with van der Waals surface area (Å²) in [6, 6.07) is 14.4. The zero-order chi connectivity index (χ0) is 17.9. The molecule has 0 saturated heterocycles. The van der Waals surface area contributed by atoms with Gasteiger partial charge in [0.25, 0.3) is 5.91 Å². The molecule has 0 heterocycles. The lowest BCUT2D eigenvalue weighted by Gasteiger charge is -2.24. The number of nitrogens with two attached hydrogens (primary N) is 1. The summed E-state index contributed by atoms with van der Waals surface area (Å²) in [4.78, 5) is 26.1. The van der Waals surface area contributed by atoms with E-state index in [0.717, 1.165) is 11.1 Å². The number of aryl methyl sites for hydroxylation is 1. The van der Waals surface area contributed by atoms with Crippen LogP contribution in [0, 0.1) is 6.92 Å². The predicted molar refractivity (Wildman–Crippen MR) is 95.8 cm³/mol. The van der Waals surface area contributed by atoms with Crippen LogP contribution >= 0.6 is 0 Å². The van der Waals surface area contributed by atoms with Crippen molar-refractivity contribution in [1.82, 2.24) is 4.90 Å². The molecule has 0 aliphatic carbocycles. The summed E-state index contributed by atoms with van der Waals surface area (Å²) in [5, 5.41) is 2.83. The quantitative estimate of drug-likeness (QED) is 0.907. The summed E-state index contributed by atoms with van der Waals surface area (Å²) >= 11 is 0. The van der Waals surface area contributed by atoms with Gasteiger partial charge in [0.15, 0.2) is 0 Å². The molecule has 2 rings (SSSR count). The average Bonchev–Trinajstić information content (AvgIpc) is 2.55. The van der Waals surface area contributed by atoms with Crippen molar-refractivity contribution in [2.45, 2.75) is 19.4 Å². The first-order chi connectivity index (χ1) is 11.2. The van der Waals surface area contributed by atoms with E-state index in [1.807, 2.05) is 37.3 Å². The minimum atomic E-state index is -1.15. The highest BCUT2D eigenvalue weighted by atomic mass is 16.2. The van der Waals surface area contributed by atoms with Crippen LogP contribution in [0.1, 0.15) is 28.4 Å². The maximum atomic E-state index is 12.6. The first-order valence-corrected chi connectivity index (χ1v) is 7.71. The smallest absolute Gasteiger partial charge is 0.253 e. The van der Waals surface area contributed by atoms with Gasteiger partial charge in [-0.2, -0.15) is 0 Å². The lowest BCUT2D eigenvalue weighted by atomic mass is 9.92. The minimum Gasteiger partial charge on any atom is -0.345 e. The molecule has 126 valence electrons. The number of carbonyl (C=O) groups excluding carboxylic acids is 2. The second-order valence-corrected chi connectivity index (χ2v) is 6.25. The SMILES string of the molecule is Cc1cc(NC(=O)C(C)(N)c2ccccc2)ccc1C(=O)N(C)C. The third-order valence-corrected chi connectivity index (χ3v) is 3.97. The molecule has 0 aliphatic rings. The molecule has 1 unspecified atom stereocenters. The van der Waals surface area contributed by atoms with Crippen molar-refractivity contribution in [3.63, 3.8) is 0 Å². The van der Waals surface area contributed by atoms with E-state index in [4.69, 9.17) is 5.73 Å². The van der Waals surface area contributed by atoms with Crippen LogP contribution in [0.3, 0.4) is 0 Å². The number of anilines is 1. The number of rotatable bonds is 4. The van der Waals surface area contributed by atoms with Crippen molar-refractivity contribution in [1.29, 1.82) is 0 Å². The fourth-order valence-electron chi connectivity index (χ4n) is 2.40. The first-order valence-electron chi connectivity index (χ1n) is 7.71. The topological polar surface area (TPSA) is 75.4 Å². The fraction of sp³-hybridized carbons (Fsp3) is 0.263. The Morgan fingerprint density at radius 2 is 1.71 bits per heavy atom. The van der Waals surface area contributed by atoms with E-state index in [0.29, 0.717) is 11.3 Å². The van der Waals surface area contributed by atoms with Crippen molar-refractivity contribution in [2.24, 2.45) is 5.73 Å². The second kappa shape index (κ2) is 6.84. The van der Waals surface area contributed by atoms with Crippen molar-refractivity contribution in [3.8, 4) is 0 Å². The molecule has 2 aromatic rings. The molecule has 2 amide bonds. The van der Waals surface area contributed by atoms with Crippen LogP contribution in [0.25, 0.3) is 0 Å².